The second-order valence-corrected chi connectivity index (χ2v) is 7.03. The third-order valence-electron chi connectivity index (χ3n) is 4.01. The second-order valence-electron chi connectivity index (χ2n) is 5.28. The van der Waals surface area contributed by atoms with Crippen molar-refractivity contribution in [2.75, 3.05) is 30.7 Å². The highest BCUT2D eigenvalue weighted by Crippen LogP contribution is 2.29. The molecule has 1 aliphatic rings. The van der Waals surface area contributed by atoms with Gasteiger partial charge in [-0.3, -0.25) is 4.90 Å². The number of hydrogen-bond donors (Lipinski definition) is 2. The first-order valence-corrected chi connectivity index (χ1v) is 9.10. The highest BCUT2D eigenvalue weighted by molar-refractivity contribution is 7.99. The first-order chi connectivity index (χ1) is 10.2. The number of nitrogens with two attached hydrogens (primary N) is 1. The second kappa shape index (κ2) is 8.01. The van der Waals surface area contributed by atoms with Crippen LogP contribution in [-0.4, -0.2) is 41.3 Å². The monoisotopic (exact) mass is 323 g/mol. The quantitative estimate of drug-likeness (QED) is 0.595. The zero-order valence-corrected chi connectivity index (χ0v) is 14.5. The van der Waals surface area contributed by atoms with E-state index in [4.69, 9.17) is 18.0 Å². The van der Waals surface area contributed by atoms with Crippen molar-refractivity contribution < 1.29 is 0 Å². The third kappa shape index (κ3) is 4.11. The summed E-state index contributed by atoms with van der Waals surface area (Å²) in [5, 5.41) is 3.58. The molecule has 3 N–H and O–H groups in total. The van der Waals surface area contributed by atoms with E-state index in [1.165, 1.54) is 24.3 Å². The highest BCUT2D eigenvalue weighted by Gasteiger charge is 2.23. The van der Waals surface area contributed by atoms with Crippen molar-refractivity contribution in [3.05, 3.63) is 23.8 Å². The minimum absolute atomic E-state index is 0.479. The number of likely N-dealkylation sites (N-methyl/N-ethyl adjacent to an activating group) is 1. The molecule has 0 radical (unpaired) electrons. The fourth-order valence-corrected chi connectivity index (χ4v) is 4.11. The van der Waals surface area contributed by atoms with Gasteiger partial charge in [0.15, 0.2) is 0 Å². The number of thiocarbonyl (C=S) groups is 1. The molecule has 1 aliphatic heterocycles. The number of nitrogens with zero attached hydrogens (tertiary/aromatic N) is 1. The molecule has 0 bridgehead atoms. The highest BCUT2D eigenvalue weighted by atomic mass is 32.2. The van der Waals surface area contributed by atoms with E-state index in [-0.39, 0.29) is 0 Å². The van der Waals surface area contributed by atoms with Crippen molar-refractivity contribution in [2.45, 2.75) is 37.6 Å². The maximum atomic E-state index is 5.95. The van der Waals surface area contributed by atoms with E-state index in [9.17, 15) is 0 Å². The topological polar surface area (TPSA) is 41.3 Å². The average molecular weight is 324 g/mol. The predicted octanol–water partition coefficient (Wildman–Crippen LogP) is 3.33. The summed E-state index contributed by atoms with van der Waals surface area (Å²) in [6.07, 6.45) is 2.57. The molecule has 0 saturated carbocycles. The van der Waals surface area contributed by atoms with E-state index in [0.717, 1.165) is 30.1 Å². The lowest BCUT2D eigenvalue weighted by Gasteiger charge is -2.24. The van der Waals surface area contributed by atoms with Crippen molar-refractivity contribution in [3.63, 3.8) is 0 Å². The number of anilines is 1. The molecule has 1 heterocycles. The fraction of sp³-hybridized carbons (Fsp3) is 0.562. The molecule has 1 aromatic carbocycles. The summed E-state index contributed by atoms with van der Waals surface area (Å²) in [6, 6.07) is 6.88. The molecule has 5 heteroatoms. The molecule has 1 unspecified atom stereocenters. The number of thioether (sulfide) groups is 1. The molecule has 0 aliphatic carbocycles. The molecule has 0 aromatic heterocycles. The van der Waals surface area contributed by atoms with Crippen LogP contribution < -0.4 is 11.1 Å². The van der Waals surface area contributed by atoms with Crippen LogP contribution in [0.1, 0.15) is 32.3 Å². The molecule has 1 saturated heterocycles. The lowest BCUT2D eigenvalue weighted by Crippen LogP contribution is -2.35. The van der Waals surface area contributed by atoms with Crippen LogP contribution in [0.2, 0.25) is 0 Å². The standard InChI is InChI=1S/C16H25N3S2/c1-3-19-10-6-7-12(19)11-18-13-8-5-9-14(21-4-2)15(13)16(17)20/h5,8-9,12,18H,3-4,6-7,10-11H2,1-2H3,(H2,17,20). The Hall–Kier alpha value is -0.780. The number of rotatable bonds is 7. The zero-order valence-electron chi connectivity index (χ0n) is 12.9. The molecule has 0 spiro atoms. The van der Waals surface area contributed by atoms with Gasteiger partial charge >= 0.3 is 0 Å². The van der Waals surface area contributed by atoms with E-state index in [1.807, 2.05) is 0 Å². The summed E-state index contributed by atoms with van der Waals surface area (Å²) >= 11 is 7.05. The lowest BCUT2D eigenvalue weighted by molar-refractivity contribution is 0.277. The Morgan fingerprint density at radius 2 is 2.29 bits per heavy atom. The SMILES string of the molecule is CCSc1cccc(NCC2CCCN2CC)c1C(N)=S. The minimum atomic E-state index is 0.479. The largest absolute Gasteiger partial charge is 0.389 e. The Bertz CT molecular complexity index is 490. The summed E-state index contributed by atoms with van der Waals surface area (Å²) in [5.41, 5.74) is 8.02. The first-order valence-electron chi connectivity index (χ1n) is 7.70. The molecular weight excluding hydrogens is 298 g/mol. The van der Waals surface area contributed by atoms with Gasteiger partial charge in [-0.15, -0.1) is 11.8 Å². The van der Waals surface area contributed by atoms with E-state index in [0.29, 0.717) is 11.0 Å². The molecule has 21 heavy (non-hydrogen) atoms. The van der Waals surface area contributed by atoms with Gasteiger partial charge in [-0.1, -0.05) is 32.1 Å². The molecule has 116 valence electrons. The van der Waals surface area contributed by atoms with Crippen LogP contribution in [0.3, 0.4) is 0 Å². The molecular formula is C16H25N3S2. The molecule has 3 nitrogen and oxygen atoms in total. The van der Waals surface area contributed by atoms with Crippen LogP contribution >= 0.6 is 24.0 Å². The summed E-state index contributed by atoms with van der Waals surface area (Å²) in [7, 11) is 0. The molecule has 1 atom stereocenters. The summed E-state index contributed by atoms with van der Waals surface area (Å²) in [6.45, 7) is 7.68. The van der Waals surface area contributed by atoms with Crippen LogP contribution in [0, 0.1) is 0 Å². The summed E-state index contributed by atoms with van der Waals surface area (Å²) < 4.78 is 0. The van der Waals surface area contributed by atoms with E-state index >= 15 is 0 Å². The third-order valence-corrected chi connectivity index (χ3v) is 5.15. The minimum Gasteiger partial charge on any atom is -0.389 e. The molecule has 1 fully saturated rings. The average Bonchev–Trinajstić information content (AvgIpc) is 2.92. The van der Waals surface area contributed by atoms with Gasteiger partial charge < -0.3 is 11.1 Å². The van der Waals surface area contributed by atoms with E-state index in [2.05, 4.69) is 42.3 Å². The smallest absolute Gasteiger partial charge is 0.107 e. The zero-order chi connectivity index (χ0) is 15.2. The van der Waals surface area contributed by atoms with Gasteiger partial charge in [0.25, 0.3) is 0 Å². The van der Waals surface area contributed by atoms with Crippen LogP contribution in [0.4, 0.5) is 5.69 Å². The number of likely N-dealkylation sites (tertiary alicyclic amines) is 1. The van der Waals surface area contributed by atoms with Gasteiger partial charge in [-0.2, -0.15) is 0 Å². The Morgan fingerprint density at radius 1 is 1.48 bits per heavy atom. The summed E-state index contributed by atoms with van der Waals surface area (Å²) in [5.74, 6) is 1.02. The van der Waals surface area contributed by atoms with Crippen molar-refractivity contribution in [1.82, 2.24) is 4.90 Å². The predicted molar refractivity (Wildman–Crippen MR) is 97.5 cm³/mol. The van der Waals surface area contributed by atoms with Gasteiger partial charge in [0.05, 0.1) is 0 Å². The maximum absolute atomic E-state index is 5.95. The first kappa shape index (κ1) is 16.6. The van der Waals surface area contributed by atoms with Crippen molar-refractivity contribution in [3.8, 4) is 0 Å². The maximum Gasteiger partial charge on any atom is 0.107 e. The van der Waals surface area contributed by atoms with Gasteiger partial charge in [0.1, 0.15) is 4.99 Å². The van der Waals surface area contributed by atoms with Crippen molar-refractivity contribution in [2.24, 2.45) is 5.73 Å². The Morgan fingerprint density at radius 3 is 2.95 bits per heavy atom. The Balaban J connectivity index is 2.12. The van der Waals surface area contributed by atoms with Gasteiger partial charge in [-0.25, -0.2) is 0 Å². The molecule has 1 aromatic rings. The Labute approximate surface area is 137 Å². The van der Waals surface area contributed by atoms with E-state index < -0.39 is 0 Å². The van der Waals surface area contributed by atoms with Crippen molar-refractivity contribution in [1.29, 1.82) is 0 Å². The Kier molecular flexibility index (Phi) is 6.33. The number of benzene rings is 1. The fourth-order valence-electron chi connectivity index (χ4n) is 2.98. The molecule has 0 amide bonds. The van der Waals surface area contributed by atoms with Crippen LogP contribution in [0.5, 0.6) is 0 Å². The van der Waals surface area contributed by atoms with Crippen LogP contribution in [-0.2, 0) is 0 Å². The van der Waals surface area contributed by atoms with Gasteiger partial charge in [-0.05, 0) is 43.8 Å². The van der Waals surface area contributed by atoms with Crippen LogP contribution in [0.15, 0.2) is 23.1 Å². The number of nitrogens with one attached hydrogen (secondary N) is 1. The van der Waals surface area contributed by atoms with Crippen molar-refractivity contribution >= 4 is 34.7 Å². The normalized spacial score (nSPS) is 18.9. The van der Waals surface area contributed by atoms with E-state index in [1.54, 1.807) is 11.8 Å². The van der Waals surface area contributed by atoms with Crippen LogP contribution in [0.25, 0.3) is 0 Å². The van der Waals surface area contributed by atoms with Gasteiger partial charge in [0, 0.05) is 28.7 Å². The van der Waals surface area contributed by atoms with Gasteiger partial charge in [0.2, 0.25) is 0 Å². The molecule has 2 rings (SSSR count). The number of hydrogen-bond acceptors (Lipinski definition) is 4. The summed E-state index contributed by atoms with van der Waals surface area (Å²) in [4.78, 5) is 4.19. The lowest BCUT2D eigenvalue weighted by atomic mass is 10.1.